The van der Waals surface area contributed by atoms with Gasteiger partial charge in [-0.15, -0.1) is 11.8 Å². The number of hydrogen-bond acceptors (Lipinski definition) is 4. The second-order valence-electron chi connectivity index (χ2n) is 4.03. The number of thioether (sulfide) groups is 1. The zero-order valence-corrected chi connectivity index (χ0v) is 13.8. The molecule has 0 atom stereocenters. The predicted octanol–water partition coefficient (Wildman–Crippen LogP) is 3.55. The van der Waals surface area contributed by atoms with Crippen LogP contribution in [0.4, 0.5) is 11.4 Å². The maximum Gasteiger partial charge on any atom is 0.263 e. The van der Waals surface area contributed by atoms with E-state index in [1.807, 2.05) is 12.3 Å². The van der Waals surface area contributed by atoms with Crippen LogP contribution in [0.5, 0.6) is 0 Å². The van der Waals surface area contributed by atoms with E-state index in [-0.39, 0.29) is 4.90 Å². The van der Waals surface area contributed by atoms with Gasteiger partial charge in [0.2, 0.25) is 0 Å². The Labute approximate surface area is 130 Å². The summed E-state index contributed by atoms with van der Waals surface area (Å²) in [6.45, 7) is 0. The molecule has 0 saturated carbocycles. The lowest BCUT2D eigenvalue weighted by atomic mass is 10.3. The van der Waals surface area contributed by atoms with Gasteiger partial charge in [-0.2, -0.15) is 0 Å². The average Bonchev–Trinajstić information content (AvgIpc) is 2.41. The molecular weight excluding hydrogens is 360 g/mol. The fraction of sp³-hybridized carbons (Fsp3) is 0.0769. The van der Waals surface area contributed by atoms with Crippen molar-refractivity contribution in [3.8, 4) is 0 Å². The van der Waals surface area contributed by atoms with Crippen LogP contribution in [-0.2, 0) is 10.0 Å². The van der Waals surface area contributed by atoms with Gasteiger partial charge in [0.1, 0.15) is 4.90 Å². The third-order valence-corrected chi connectivity index (χ3v) is 5.67. The van der Waals surface area contributed by atoms with Crippen LogP contribution in [0.2, 0.25) is 0 Å². The molecule has 0 bridgehead atoms. The van der Waals surface area contributed by atoms with Crippen molar-refractivity contribution in [1.29, 1.82) is 0 Å². The number of nitrogens with two attached hydrogens (primary N) is 1. The van der Waals surface area contributed by atoms with Gasteiger partial charge in [0.15, 0.2) is 0 Å². The van der Waals surface area contributed by atoms with Crippen molar-refractivity contribution in [3.05, 3.63) is 46.9 Å². The quantitative estimate of drug-likeness (QED) is 0.635. The van der Waals surface area contributed by atoms with Gasteiger partial charge in [-0.25, -0.2) is 8.42 Å². The summed E-state index contributed by atoms with van der Waals surface area (Å²) in [6.07, 6.45) is 1.93. The zero-order valence-electron chi connectivity index (χ0n) is 10.6. The van der Waals surface area contributed by atoms with Gasteiger partial charge in [0.25, 0.3) is 10.0 Å². The molecule has 0 aromatic heterocycles. The van der Waals surface area contributed by atoms with Gasteiger partial charge in [-0.05, 0) is 58.6 Å². The minimum Gasteiger partial charge on any atom is -0.399 e. The van der Waals surface area contributed by atoms with Crippen LogP contribution in [0.3, 0.4) is 0 Å². The topological polar surface area (TPSA) is 72.2 Å². The van der Waals surface area contributed by atoms with E-state index in [9.17, 15) is 8.42 Å². The van der Waals surface area contributed by atoms with Gasteiger partial charge < -0.3 is 5.73 Å². The number of sulfonamides is 1. The van der Waals surface area contributed by atoms with E-state index in [1.165, 1.54) is 6.07 Å². The maximum absolute atomic E-state index is 12.4. The molecule has 3 N–H and O–H groups in total. The Morgan fingerprint density at radius 2 is 1.95 bits per heavy atom. The number of nitrogen functional groups attached to an aromatic ring is 1. The monoisotopic (exact) mass is 372 g/mol. The highest BCUT2D eigenvalue weighted by molar-refractivity contribution is 9.10. The van der Waals surface area contributed by atoms with E-state index in [0.717, 1.165) is 4.90 Å². The minimum atomic E-state index is -3.68. The summed E-state index contributed by atoms with van der Waals surface area (Å²) in [4.78, 5) is 1.10. The lowest BCUT2D eigenvalue weighted by Gasteiger charge is -2.11. The molecule has 0 unspecified atom stereocenters. The first-order valence-corrected chi connectivity index (χ1v) is 9.14. The summed E-state index contributed by atoms with van der Waals surface area (Å²) in [5.74, 6) is 0. The van der Waals surface area contributed by atoms with E-state index in [1.54, 1.807) is 42.1 Å². The number of anilines is 2. The Bertz CT molecular complexity index is 733. The highest BCUT2D eigenvalue weighted by Gasteiger charge is 2.18. The number of nitrogens with one attached hydrogen (secondary N) is 1. The van der Waals surface area contributed by atoms with Crippen molar-refractivity contribution < 1.29 is 8.42 Å². The molecule has 0 aliphatic rings. The van der Waals surface area contributed by atoms with Crippen molar-refractivity contribution >= 4 is 49.1 Å². The summed E-state index contributed by atoms with van der Waals surface area (Å²) in [5.41, 5.74) is 6.56. The summed E-state index contributed by atoms with van der Waals surface area (Å²) >= 11 is 4.78. The van der Waals surface area contributed by atoms with Crippen LogP contribution in [-0.4, -0.2) is 14.7 Å². The average molecular weight is 373 g/mol. The first-order chi connectivity index (χ1) is 9.42. The molecule has 0 saturated heterocycles. The number of benzene rings is 2. The Hall–Kier alpha value is -1.18. The molecule has 106 valence electrons. The highest BCUT2D eigenvalue weighted by atomic mass is 79.9. The Kier molecular flexibility index (Phi) is 4.62. The van der Waals surface area contributed by atoms with Crippen LogP contribution in [0.1, 0.15) is 0 Å². The molecule has 0 radical (unpaired) electrons. The Morgan fingerprint density at radius 1 is 1.20 bits per heavy atom. The predicted molar refractivity (Wildman–Crippen MR) is 87.6 cm³/mol. The lowest BCUT2D eigenvalue weighted by Crippen LogP contribution is -2.14. The smallest absolute Gasteiger partial charge is 0.263 e. The maximum atomic E-state index is 12.4. The molecule has 4 nitrogen and oxygen atoms in total. The molecule has 0 spiro atoms. The fourth-order valence-electron chi connectivity index (χ4n) is 1.62. The third kappa shape index (κ3) is 3.47. The third-order valence-electron chi connectivity index (χ3n) is 2.57. The standard InChI is InChI=1S/C13H13BrN2O2S2/c1-19-11-4-2-3-10(8-11)16-20(17,18)13-7-9(15)5-6-12(13)14/h2-8,16H,15H2,1H3. The molecule has 0 fully saturated rings. The molecule has 2 aromatic carbocycles. The summed E-state index contributed by atoms with van der Waals surface area (Å²) in [6, 6.07) is 11.9. The van der Waals surface area contributed by atoms with E-state index < -0.39 is 10.0 Å². The number of rotatable bonds is 4. The number of hydrogen-bond donors (Lipinski definition) is 2. The minimum absolute atomic E-state index is 0.118. The van der Waals surface area contributed by atoms with Crippen molar-refractivity contribution in [2.24, 2.45) is 0 Å². The summed E-state index contributed by atoms with van der Waals surface area (Å²) in [5, 5.41) is 0. The first-order valence-electron chi connectivity index (χ1n) is 5.64. The second-order valence-corrected chi connectivity index (χ2v) is 7.41. The van der Waals surface area contributed by atoms with E-state index in [0.29, 0.717) is 15.8 Å². The SMILES string of the molecule is CSc1cccc(NS(=O)(=O)c2cc(N)ccc2Br)c1. The molecular formula is C13H13BrN2O2S2. The molecule has 2 rings (SSSR count). The highest BCUT2D eigenvalue weighted by Crippen LogP contribution is 2.27. The van der Waals surface area contributed by atoms with Crippen molar-refractivity contribution in [2.75, 3.05) is 16.7 Å². The van der Waals surface area contributed by atoms with Crippen LogP contribution >= 0.6 is 27.7 Å². The van der Waals surface area contributed by atoms with Gasteiger partial charge in [0, 0.05) is 20.7 Å². The molecule has 0 aliphatic heterocycles. The Morgan fingerprint density at radius 3 is 2.65 bits per heavy atom. The molecule has 0 aliphatic carbocycles. The van der Waals surface area contributed by atoms with Crippen LogP contribution in [0.15, 0.2) is 56.7 Å². The summed E-state index contributed by atoms with van der Waals surface area (Å²) < 4.78 is 27.8. The molecule has 0 amide bonds. The zero-order chi connectivity index (χ0) is 14.8. The largest absolute Gasteiger partial charge is 0.399 e. The lowest BCUT2D eigenvalue weighted by molar-refractivity contribution is 0.601. The van der Waals surface area contributed by atoms with Crippen LogP contribution in [0, 0.1) is 0 Å². The first kappa shape index (κ1) is 15.2. The summed E-state index contributed by atoms with van der Waals surface area (Å²) in [7, 11) is -3.68. The van der Waals surface area contributed by atoms with Crippen molar-refractivity contribution in [3.63, 3.8) is 0 Å². The molecule has 7 heteroatoms. The Balaban J connectivity index is 2.38. The van der Waals surface area contributed by atoms with Crippen molar-refractivity contribution in [1.82, 2.24) is 0 Å². The van der Waals surface area contributed by atoms with E-state index >= 15 is 0 Å². The van der Waals surface area contributed by atoms with Crippen LogP contribution in [0.25, 0.3) is 0 Å². The van der Waals surface area contributed by atoms with Crippen LogP contribution < -0.4 is 10.5 Å². The van der Waals surface area contributed by atoms with Crippen molar-refractivity contribution in [2.45, 2.75) is 9.79 Å². The number of halogens is 1. The fourth-order valence-corrected chi connectivity index (χ4v) is 4.13. The van der Waals surface area contributed by atoms with E-state index in [4.69, 9.17) is 5.73 Å². The molecule has 2 aromatic rings. The van der Waals surface area contributed by atoms with Gasteiger partial charge >= 0.3 is 0 Å². The van der Waals surface area contributed by atoms with E-state index in [2.05, 4.69) is 20.7 Å². The normalized spacial score (nSPS) is 11.3. The second kappa shape index (κ2) is 6.07. The van der Waals surface area contributed by atoms with Gasteiger partial charge in [0.05, 0.1) is 0 Å². The molecule has 0 heterocycles. The van der Waals surface area contributed by atoms with Gasteiger partial charge in [-0.1, -0.05) is 6.07 Å². The van der Waals surface area contributed by atoms with Gasteiger partial charge in [-0.3, -0.25) is 4.72 Å². The molecule has 20 heavy (non-hydrogen) atoms.